The summed E-state index contributed by atoms with van der Waals surface area (Å²) in [4.78, 5) is 6.52. The van der Waals surface area contributed by atoms with Gasteiger partial charge in [-0.3, -0.25) is 0 Å². The molecule has 1 aromatic heterocycles. The highest BCUT2D eigenvalue weighted by atomic mass is 32.2. The number of nitrogens with zero attached hydrogens (tertiary/aromatic N) is 4. The largest absolute Gasteiger partial charge is 0.633 e. The average molecular weight is 426 g/mol. The number of imidazole rings is 1. The van der Waals surface area contributed by atoms with Gasteiger partial charge in [0, 0.05) is 11.1 Å². The first-order valence-electron chi connectivity index (χ1n) is 9.13. The number of rotatable bonds is 2. The van der Waals surface area contributed by atoms with Crippen LogP contribution in [0, 0.1) is 5.21 Å². The molecule has 0 radical (unpaired) electrons. The third-order valence-corrected chi connectivity index (χ3v) is 6.23. The SMILES string of the molecule is CC(C)(C)c1nc2ccc(NC(=S)N3CC[N+](C)([O-])CC3)cc2n1S(C)(=O)=O. The number of nitrogens with one attached hydrogen (secondary N) is 1. The molecule has 1 aliphatic heterocycles. The van der Waals surface area contributed by atoms with Gasteiger partial charge in [0.1, 0.15) is 5.82 Å². The third kappa shape index (κ3) is 4.29. The van der Waals surface area contributed by atoms with Gasteiger partial charge in [-0.2, -0.15) is 0 Å². The maximum Gasteiger partial charge on any atom is 0.237 e. The van der Waals surface area contributed by atoms with Crippen LogP contribution in [0.25, 0.3) is 11.0 Å². The molecule has 2 heterocycles. The maximum absolute atomic E-state index is 12.5. The lowest BCUT2D eigenvalue weighted by Crippen LogP contribution is -2.55. The highest BCUT2D eigenvalue weighted by Crippen LogP contribution is 2.29. The molecule has 0 spiro atoms. The zero-order valence-electron chi connectivity index (χ0n) is 16.9. The fourth-order valence-electron chi connectivity index (χ4n) is 3.23. The Hall–Kier alpha value is -1.75. The molecule has 3 rings (SSSR count). The molecule has 0 amide bonds. The molecular formula is C18H27N5O3S2. The number of anilines is 1. The molecule has 28 heavy (non-hydrogen) atoms. The molecule has 1 fully saturated rings. The summed E-state index contributed by atoms with van der Waals surface area (Å²) in [6.45, 7) is 7.94. The molecule has 1 saturated heterocycles. The number of aromatic nitrogens is 2. The number of fused-ring (bicyclic) bond motifs is 1. The molecule has 154 valence electrons. The summed E-state index contributed by atoms with van der Waals surface area (Å²) >= 11 is 5.49. The van der Waals surface area contributed by atoms with E-state index in [2.05, 4.69) is 10.3 Å². The van der Waals surface area contributed by atoms with E-state index in [1.807, 2.05) is 31.7 Å². The summed E-state index contributed by atoms with van der Waals surface area (Å²) in [5.41, 5.74) is 1.39. The molecule has 0 atom stereocenters. The first-order valence-corrected chi connectivity index (χ1v) is 11.4. The van der Waals surface area contributed by atoms with E-state index in [0.717, 1.165) is 0 Å². The van der Waals surface area contributed by atoms with Gasteiger partial charge >= 0.3 is 0 Å². The van der Waals surface area contributed by atoms with E-state index in [-0.39, 0.29) is 4.65 Å². The lowest BCUT2D eigenvalue weighted by molar-refractivity contribution is -0.864. The zero-order valence-corrected chi connectivity index (χ0v) is 18.5. The Morgan fingerprint density at radius 2 is 1.89 bits per heavy atom. The van der Waals surface area contributed by atoms with E-state index in [1.165, 1.54) is 10.2 Å². The van der Waals surface area contributed by atoms with Crippen molar-refractivity contribution in [1.82, 2.24) is 13.9 Å². The smallest absolute Gasteiger partial charge is 0.237 e. The van der Waals surface area contributed by atoms with Gasteiger partial charge in [-0.25, -0.2) is 17.4 Å². The maximum atomic E-state index is 12.5. The van der Waals surface area contributed by atoms with E-state index < -0.39 is 15.4 Å². The Bertz CT molecular complexity index is 1010. The van der Waals surface area contributed by atoms with E-state index in [1.54, 1.807) is 19.2 Å². The van der Waals surface area contributed by atoms with Gasteiger partial charge in [-0.1, -0.05) is 20.8 Å². The zero-order chi connectivity index (χ0) is 20.9. The average Bonchev–Trinajstić information content (AvgIpc) is 2.93. The van der Waals surface area contributed by atoms with Crippen LogP contribution in [0.5, 0.6) is 0 Å². The second-order valence-corrected chi connectivity index (χ2v) is 10.8. The van der Waals surface area contributed by atoms with Crippen LogP contribution in [0.4, 0.5) is 5.69 Å². The van der Waals surface area contributed by atoms with Crippen LogP contribution in [-0.4, -0.2) is 71.5 Å². The van der Waals surface area contributed by atoms with Crippen molar-refractivity contribution in [3.63, 3.8) is 0 Å². The number of thiocarbonyl (C=S) groups is 1. The van der Waals surface area contributed by atoms with Crippen molar-refractivity contribution in [2.75, 3.05) is 44.8 Å². The van der Waals surface area contributed by atoms with Gasteiger partial charge in [-0.05, 0) is 30.4 Å². The Kier molecular flexibility index (Phi) is 5.20. The lowest BCUT2D eigenvalue weighted by Gasteiger charge is -2.45. The van der Waals surface area contributed by atoms with Crippen molar-refractivity contribution in [2.24, 2.45) is 0 Å². The van der Waals surface area contributed by atoms with Gasteiger partial charge < -0.3 is 20.1 Å². The monoisotopic (exact) mass is 425 g/mol. The van der Waals surface area contributed by atoms with Crippen LogP contribution >= 0.6 is 12.2 Å². The summed E-state index contributed by atoms with van der Waals surface area (Å²) in [5.74, 6) is 0.494. The number of hydrogen-bond acceptors (Lipinski definition) is 5. The standard InChI is InChI=1S/C18H27N5O3S2/c1-18(2,3)16-20-14-7-6-13(12-15(14)22(16)28(5,25)26)19-17(27)21-8-10-23(4,24)11-9-21/h6-7,12H,8-11H2,1-5H3,(H,19,27). The predicted octanol–water partition coefficient (Wildman–Crippen LogP) is 2.10. The Morgan fingerprint density at radius 3 is 2.43 bits per heavy atom. The molecule has 0 bridgehead atoms. The number of piperazine rings is 1. The Morgan fingerprint density at radius 1 is 1.29 bits per heavy atom. The van der Waals surface area contributed by atoms with E-state index in [4.69, 9.17) is 12.2 Å². The lowest BCUT2D eigenvalue weighted by atomic mass is 9.96. The third-order valence-electron chi connectivity index (χ3n) is 4.84. The van der Waals surface area contributed by atoms with Crippen molar-refractivity contribution in [2.45, 2.75) is 26.2 Å². The summed E-state index contributed by atoms with van der Waals surface area (Å²) in [6, 6.07) is 5.38. The van der Waals surface area contributed by atoms with Crippen LogP contribution < -0.4 is 5.32 Å². The number of hydrogen-bond donors (Lipinski definition) is 1. The van der Waals surface area contributed by atoms with Gasteiger partial charge in [-0.15, -0.1) is 0 Å². The molecular weight excluding hydrogens is 398 g/mol. The van der Waals surface area contributed by atoms with Crippen LogP contribution in [0.1, 0.15) is 26.6 Å². The van der Waals surface area contributed by atoms with Crippen molar-refractivity contribution >= 4 is 44.1 Å². The molecule has 10 heteroatoms. The topological polar surface area (TPSA) is 90.3 Å². The van der Waals surface area contributed by atoms with Gasteiger partial charge in [0.05, 0.1) is 50.5 Å². The van der Waals surface area contributed by atoms with Crippen LogP contribution in [-0.2, 0) is 15.4 Å². The molecule has 1 aliphatic rings. The minimum absolute atomic E-state index is 0.256. The highest BCUT2D eigenvalue weighted by molar-refractivity contribution is 7.89. The molecule has 1 N–H and O–H groups in total. The number of quaternary nitrogens is 1. The molecule has 1 aromatic carbocycles. The molecule has 2 aromatic rings. The van der Waals surface area contributed by atoms with Crippen LogP contribution in [0.2, 0.25) is 0 Å². The number of benzene rings is 1. The van der Waals surface area contributed by atoms with E-state index >= 15 is 0 Å². The molecule has 8 nitrogen and oxygen atoms in total. The van der Waals surface area contributed by atoms with E-state index in [9.17, 15) is 13.6 Å². The molecule has 0 aliphatic carbocycles. The van der Waals surface area contributed by atoms with Gasteiger partial charge in [0.15, 0.2) is 5.11 Å². The van der Waals surface area contributed by atoms with Gasteiger partial charge in [0.2, 0.25) is 10.0 Å². The molecule has 0 unspecified atom stereocenters. The first-order chi connectivity index (χ1) is 12.8. The van der Waals surface area contributed by atoms with Crippen LogP contribution in [0.15, 0.2) is 18.2 Å². The van der Waals surface area contributed by atoms with Crippen molar-refractivity contribution < 1.29 is 13.1 Å². The van der Waals surface area contributed by atoms with Crippen LogP contribution in [0.3, 0.4) is 0 Å². The summed E-state index contributed by atoms with van der Waals surface area (Å²) < 4.78 is 26.0. The summed E-state index contributed by atoms with van der Waals surface area (Å²) in [6.07, 6.45) is 1.18. The van der Waals surface area contributed by atoms with Crippen molar-refractivity contribution in [3.8, 4) is 0 Å². The Labute approximate surface area is 171 Å². The summed E-state index contributed by atoms with van der Waals surface area (Å²) in [5, 5.41) is 15.7. The fraction of sp³-hybridized carbons (Fsp3) is 0.556. The second-order valence-electron chi connectivity index (χ2n) is 8.58. The Balaban J connectivity index is 1.93. The summed E-state index contributed by atoms with van der Waals surface area (Å²) in [7, 11) is -1.86. The number of hydroxylamine groups is 3. The van der Waals surface area contributed by atoms with E-state index in [0.29, 0.717) is 53.8 Å². The fourth-order valence-corrected chi connectivity index (χ4v) is 4.67. The predicted molar refractivity (Wildman–Crippen MR) is 116 cm³/mol. The van der Waals surface area contributed by atoms with Crippen molar-refractivity contribution in [3.05, 3.63) is 29.2 Å². The minimum Gasteiger partial charge on any atom is -0.633 e. The minimum atomic E-state index is -3.53. The highest BCUT2D eigenvalue weighted by Gasteiger charge is 2.28. The second kappa shape index (κ2) is 6.94. The number of likely N-dealkylation sites (N-methyl/N-ethyl adjacent to an activating group) is 1. The first kappa shape index (κ1) is 21.0. The quantitative estimate of drug-likeness (QED) is 0.448. The molecule has 0 saturated carbocycles. The normalized spacial score (nSPS) is 17.7. The van der Waals surface area contributed by atoms with Crippen molar-refractivity contribution in [1.29, 1.82) is 0 Å². The van der Waals surface area contributed by atoms with Gasteiger partial charge in [0.25, 0.3) is 0 Å².